The van der Waals surface area contributed by atoms with Crippen molar-refractivity contribution >= 4 is 11.6 Å². The lowest BCUT2D eigenvalue weighted by molar-refractivity contribution is 0.0673. The van der Waals surface area contributed by atoms with Gasteiger partial charge in [-0.3, -0.25) is 9.89 Å². The number of aliphatic hydroxyl groups excluding tert-OH is 1. The molecule has 0 bridgehead atoms. The summed E-state index contributed by atoms with van der Waals surface area (Å²) in [5, 5.41) is 16.2. The Balaban J connectivity index is 1.83. The third kappa shape index (κ3) is 1.77. The van der Waals surface area contributed by atoms with Crippen LogP contribution < -0.4 is 5.73 Å². The predicted octanol–water partition coefficient (Wildman–Crippen LogP) is 0.466. The maximum atomic E-state index is 12.3. The van der Waals surface area contributed by atoms with Crippen molar-refractivity contribution in [3.8, 4) is 0 Å². The SMILES string of the molecule is Nc1c(C(=O)N2CCC[C@@H]2CO)n[nH]c1C1CC1. The van der Waals surface area contributed by atoms with Gasteiger partial charge in [-0.25, -0.2) is 0 Å². The molecule has 1 aliphatic heterocycles. The average molecular weight is 250 g/mol. The number of nitrogens with one attached hydrogen (secondary N) is 1. The Morgan fingerprint density at radius 2 is 2.28 bits per heavy atom. The molecule has 1 aliphatic carbocycles. The van der Waals surface area contributed by atoms with Crippen LogP contribution in [0.4, 0.5) is 5.69 Å². The first-order valence-corrected chi connectivity index (χ1v) is 6.48. The van der Waals surface area contributed by atoms with Gasteiger partial charge in [-0.15, -0.1) is 0 Å². The van der Waals surface area contributed by atoms with Gasteiger partial charge in [0.25, 0.3) is 5.91 Å². The molecule has 98 valence electrons. The van der Waals surface area contributed by atoms with Gasteiger partial charge in [-0.1, -0.05) is 0 Å². The number of nitrogens with two attached hydrogens (primary N) is 1. The van der Waals surface area contributed by atoms with Gasteiger partial charge in [0.1, 0.15) is 0 Å². The first-order valence-electron chi connectivity index (χ1n) is 6.48. The third-order valence-corrected chi connectivity index (χ3v) is 3.87. The molecule has 2 heterocycles. The summed E-state index contributed by atoms with van der Waals surface area (Å²) in [6, 6.07) is -0.0852. The fourth-order valence-corrected chi connectivity index (χ4v) is 2.64. The molecule has 6 nitrogen and oxygen atoms in total. The van der Waals surface area contributed by atoms with Gasteiger partial charge in [0, 0.05) is 12.5 Å². The van der Waals surface area contributed by atoms with Crippen LogP contribution in [0.1, 0.15) is 47.8 Å². The molecule has 1 atom stereocenters. The summed E-state index contributed by atoms with van der Waals surface area (Å²) >= 11 is 0. The molecule has 1 saturated carbocycles. The summed E-state index contributed by atoms with van der Waals surface area (Å²) in [6.07, 6.45) is 4.00. The molecule has 1 amide bonds. The predicted molar refractivity (Wildman–Crippen MR) is 66.1 cm³/mol. The minimum atomic E-state index is -0.160. The first kappa shape index (κ1) is 11.5. The van der Waals surface area contributed by atoms with Crippen LogP contribution in [0, 0.1) is 0 Å². The van der Waals surface area contributed by atoms with Crippen LogP contribution >= 0.6 is 0 Å². The van der Waals surface area contributed by atoms with Crippen LogP contribution in [-0.4, -0.2) is 45.3 Å². The van der Waals surface area contributed by atoms with Crippen LogP contribution in [0.15, 0.2) is 0 Å². The molecule has 1 aromatic heterocycles. The normalized spacial score (nSPS) is 23.6. The highest BCUT2D eigenvalue weighted by Gasteiger charge is 2.34. The van der Waals surface area contributed by atoms with Gasteiger partial charge < -0.3 is 15.7 Å². The zero-order chi connectivity index (χ0) is 12.7. The highest BCUT2D eigenvalue weighted by molar-refractivity contribution is 5.98. The minimum Gasteiger partial charge on any atom is -0.395 e. The summed E-state index contributed by atoms with van der Waals surface area (Å²) in [5.74, 6) is 0.290. The number of nitrogens with zero attached hydrogens (tertiary/aromatic N) is 2. The molecular formula is C12H18N4O2. The van der Waals surface area contributed by atoms with Crippen molar-refractivity contribution in [1.29, 1.82) is 0 Å². The van der Waals surface area contributed by atoms with Gasteiger partial charge in [-0.2, -0.15) is 5.10 Å². The molecule has 0 aromatic carbocycles. The monoisotopic (exact) mass is 250 g/mol. The smallest absolute Gasteiger partial charge is 0.276 e. The van der Waals surface area contributed by atoms with E-state index >= 15 is 0 Å². The van der Waals surface area contributed by atoms with Crippen LogP contribution in [0.2, 0.25) is 0 Å². The quantitative estimate of drug-likeness (QED) is 0.726. The number of hydrogen-bond donors (Lipinski definition) is 3. The lowest BCUT2D eigenvalue weighted by Gasteiger charge is -2.22. The standard InChI is InChI=1S/C12H18N4O2/c13-9-10(7-3-4-7)14-15-11(9)12(18)16-5-1-2-8(16)6-17/h7-8,17H,1-6,13H2,(H,14,15)/t8-/m1/s1. The number of likely N-dealkylation sites (tertiary alicyclic amines) is 1. The van der Waals surface area contributed by atoms with Crippen molar-refractivity contribution in [2.24, 2.45) is 0 Å². The Labute approximate surface area is 105 Å². The molecule has 2 aliphatic rings. The van der Waals surface area contributed by atoms with Crippen LogP contribution in [-0.2, 0) is 0 Å². The Morgan fingerprint density at radius 3 is 2.94 bits per heavy atom. The average Bonchev–Trinajstić information content (AvgIpc) is 2.97. The number of anilines is 1. The van der Waals surface area contributed by atoms with Gasteiger partial charge >= 0.3 is 0 Å². The van der Waals surface area contributed by atoms with Gasteiger partial charge in [0.2, 0.25) is 0 Å². The summed E-state index contributed by atoms with van der Waals surface area (Å²) in [7, 11) is 0. The van der Waals surface area contributed by atoms with E-state index in [9.17, 15) is 9.90 Å². The van der Waals surface area contributed by atoms with E-state index < -0.39 is 0 Å². The number of carbonyl (C=O) groups excluding carboxylic acids is 1. The van der Waals surface area contributed by atoms with E-state index in [0.29, 0.717) is 23.8 Å². The van der Waals surface area contributed by atoms with Gasteiger partial charge in [0.15, 0.2) is 5.69 Å². The van der Waals surface area contributed by atoms with E-state index in [4.69, 9.17) is 5.73 Å². The first-order chi connectivity index (χ1) is 8.72. The number of aliphatic hydroxyl groups is 1. The molecule has 1 saturated heterocycles. The van der Waals surface area contributed by atoms with Crippen molar-refractivity contribution in [3.63, 3.8) is 0 Å². The second kappa shape index (κ2) is 4.28. The lowest BCUT2D eigenvalue weighted by Crippen LogP contribution is -2.38. The van der Waals surface area contributed by atoms with Crippen LogP contribution in [0.5, 0.6) is 0 Å². The third-order valence-electron chi connectivity index (χ3n) is 3.87. The lowest BCUT2D eigenvalue weighted by atomic mass is 10.2. The highest BCUT2D eigenvalue weighted by atomic mass is 16.3. The zero-order valence-corrected chi connectivity index (χ0v) is 10.2. The molecule has 0 radical (unpaired) electrons. The molecule has 6 heteroatoms. The van der Waals surface area contributed by atoms with E-state index in [2.05, 4.69) is 10.2 Å². The molecule has 0 unspecified atom stereocenters. The van der Waals surface area contributed by atoms with Crippen molar-refractivity contribution < 1.29 is 9.90 Å². The Kier molecular flexibility index (Phi) is 2.74. The molecule has 0 spiro atoms. The van der Waals surface area contributed by atoms with Crippen molar-refractivity contribution in [3.05, 3.63) is 11.4 Å². The van der Waals surface area contributed by atoms with Crippen molar-refractivity contribution in [1.82, 2.24) is 15.1 Å². The van der Waals surface area contributed by atoms with Crippen molar-refractivity contribution in [2.45, 2.75) is 37.6 Å². The number of amides is 1. The number of aromatic amines is 1. The summed E-state index contributed by atoms with van der Waals surface area (Å²) in [6.45, 7) is 0.681. The number of nitrogen functional groups attached to an aromatic ring is 1. The number of aromatic nitrogens is 2. The maximum Gasteiger partial charge on any atom is 0.276 e. The second-order valence-electron chi connectivity index (χ2n) is 5.15. The summed E-state index contributed by atoms with van der Waals surface area (Å²) in [4.78, 5) is 14.0. The summed E-state index contributed by atoms with van der Waals surface area (Å²) < 4.78 is 0. The van der Waals surface area contributed by atoms with Crippen molar-refractivity contribution in [2.75, 3.05) is 18.9 Å². The minimum absolute atomic E-state index is 0.00551. The topological polar surface area (TPSA) is 95.2 Å². The van der Waals surface area contributed by atoms with Crippen LogP contribution in [0.3, 0.4) is 0 Å². The van der Waals surface area contributed by atoms with E-state index in [1.54, 1.807) is 4.90 Å². The fraction of sp³-hybridized carbons (Fsp3) is 0.667. The number of H-pyrrole nitrogens is 1. The highest BCUT2D eigenvalue weighted by Crippen LogP contribution is 2.42. The number of hydrogen-bond acceptors (Lipinski definition) is 4. The molecule has 1 aromatic rings. The molecule has 4 N–H and O–H groups in total. The largest absolute Gasteiger partial charge is 0.395 e. The summed E-state index contributed by atoms with van der Waals surface area (Å²) in [5.41, 5.74) is 7.71. The number of rotatable bonds is 3. The Morgan fingerprint density at radius 1 is 1.50 bits per heavy atom. The van der Waals surface area contributed by atoms with Gasteiger partial charge in [-0.05, 0) is 25.7 Å². The van der Waals surface area contributed by atoms with Gasteiger partial charge in [0.05, 0.1) is 24.0 Å². The van der Waals surface area contributed by atoms with Crippen LogP contribution in [0.25, 0.3) is 0 Å². The maximum absolute atomic E-state index is 12.3. The zero-order valence-electron chi connectivity index (χ0n) is 10.2. The van der Waals surface area contributed by atoms with E-state index in [1.165, 1.54) is 0 Å². The van der Waals surface area contributed by atoms with E-state index in [0.717, 1.165) is 31.4 Å². The molecular weight excluding hydrogens is 232 g/mol. The molecule has 18 heavy (non-hydrogen) atoms. The van der Waals surface area contributed by atoms with E-state index in [1.807, 2.05) is 0 Å². The molecule has 2 fully saturated rings. The Bertz CT molecular complexity index is 467. The van der Waals surface area contributed by atoms with E-state index in [-0.39, 0.29) is 18.6 Å². The number of carbonyl (C=O) groups is 1. The Hall–Kier alpha value is -1.56. The molecule has 3 rings (SSSR count). The second-order valence-corrected chi connectivity index (χ2v) is 5.15. The fourth-order valence-electron chi connectivity index (χ4n) is 2.64.